The predicted octanol–water partition coefficient (Wildman–Crippen LogP) is 3.83. The van der Waals surface area contributed by atoms with Gasteiger partial charge in [0.15, 0.2) is 9.84 Å². The molecule has 1 aromatic carbocycles. The summed E-state index contributed by atoms with van der Waals surface area (Å²) < 4.78 is 23.6. The number of nitrogens with zero attached hydrogens (tertiary/aromatic N) is 1. The highest BCUT2D eigenvalue weighted by atomic mass is 32.2. The van der Waals surface area contributed by atoms with Gasteiger partial charge in [0.2, 0.25) is 0 Å². The first-order chi connectivity index (χ1) is 9.19. The number of thiazole rings is 1. The number of aromatic nitrogens is 1. The number of hydrogen-bond acceptors (Lipinski definition) is 4. The fourth-order valence-corrected chi connectivity index (χ4v) is 3.76. The highest BCUT2D eigenvalue weighted by Crippen LogP contribution is 2.26. The molecule has 1 aromatic heterocycles. The van der Waals surface area contributed by atoms with E-state index in [1.54, 1.807) is 20.8 Å². The van der Waals surface area contributed by atoms with E-state index in [2.05, 4.69) is 4.98 Å². The third-order valence-corrected chi connectivity index (χ3v) is 6.70. The lowest BCUT2D eigenvalue weighted by atomic mass is 10.1. The summed E-state index contributed by atoms with van der Waals surface area (Å²) in [7, 11) is -3.18. The summed E-state index contributed by atoms with van der Waals surface area (Å²) in [6.07, 6.45) is 0. The monoisotopic (exact) mass is 309 g/mol. The Hall–Kier alpha value is -1.20. The zero-order valence-electron chi connectivity index (χ0n) is 12.2. The van der Waals surface area contributed by atoms with Crippen molar-refractivity contribution in [1.29, 1.82) is 0 Å². The quantitative estimate of drug-likeness (QED) is 0.865. The normalized spacial score (nSPS) is 12.6. The second kappa shape index (κ2) is 5.30. The molecule has 0 aliphatic rings. The minimum absolute atomic E-state index is 0.00697. The molecule has 0 saturated heterocycles. The Morgan fingerprint density at radius 2 is 1.75 bits per heavy atom. The van der Waals surface area contributed by atoms with E-state index in [-0.39, 0.29) is 5.75 Å². The van der Waals surface area contributed by atoms with Crippen molar-refractivity contribution in [3.63, 3.8) is 0 Å². The summed E-state index contributed by atoms with van der Waals surface area (Å²) in [6.45, 7) is 7.19. The number of sulfone groups is 1. The average molecular weight is 309 g/mol. The molecule has 2 aromatic rings. The highest BCUT2D eigenvalue weighted by molar-refractivity contribution is 7.92. The van der Waals surface area contributed by atoms with Crippen molar-refractivity contribution in [2.24, 2.45) is 0 Å². The van der Waals surface area contributed by atoms with Crippen LogP contribution >= 0.6 is 11.3 Å². The van der Waals surface area contributed by atoms with Gasteiger partial charge in [0.25, 0.3) is 0 Å². The second-order valence-electron chi connectivity index (χ2n) is 5.86. The Morgan fingerprint density at radius 3 is 2.30 bits per heavy atom. The summed E-state index contributed by atoms with van der Waals surface area (Å²) in [5.41, 5.74) is 3.06. The smallest absolute Gasteiger partial charge is 0.161 e. The fourth-order valence-electron chi connectivity index (χ4n) is 1.61. The molecule has 0 spiro atoms. The van der Waals surface area contributed by atoms with Crippen molar-refractivity contribution < 1.29 is 8.42 Å². The summed E-state index contributed by atoms with van der Waals surface area (Å²) >= 11 is 1.40. The van der Waals surface area contributed by atoms with E-state index in [1.165, 1.54) is 16.9 Å². The van der Waals surface area contributed by atoms with Gasteiger partial charge in [-0.3, -0.25) is 0 Å². The standard InChI is InChI=1S/C15H19NO2S2/c1-11-5-7-12(8-6-11)13-9-19-14(16-13)10-20(17,18)15(2,3)4/h5-9H,10H2,1-4H3. The van der Waals surface area contributed by atoms with Crippen molar-refractivity contribution >= 4 is 21.2 Å². The molecule has 0 saturated carbocycles. The van der Waals surface area contributed by atoms with E-state index >= 15 is 0 Å². The molecule has 20 heavy (non-hydrogen) atoms. The summed E-state index contributed by atoms with van der Waals surface area (Å²) in [6, 6.07) is 8.07. The maximum Gasteiger partial charge on any atom is 0.161 e. The first-order valence-electron chi connectivity index (χ1n) is 6.43. The maximum atomic E-state index is 12.2. The van der Waals surface area contributed by atoms with E-state index in [4.69, 9.17) is 0 Å². The molecule has 2 rings (SSSR count). The van der Waals surface area contributed by atoms with Crippen LogP contribution in [0.15, 0.2) is 29.6 Å². The molecule has 0 bridgehead atoms. The summed E-state index contributed by atoms with van der Waals surface area (Å²) in [5, 5.41) is 2.56. The van der Waals surface area contributed by atoms with Gasteiger partial charge in [0.1, 0.15) is 10.8 Å². The lowest BCUT2D eigenvalue weighted by Crippen LogP contribution is -2.29. The van der Waals surface area contributed by atoms with Gasteiger partial charge >= 0.3 is 0 Å². The Labute approximate surface area is 124 Å². The van der Waals surface area contributed by atoms with Crippen LogP contribution in [-0.2, 0) is 15.6 Å². The lowest BCUT2D eigenvalue weighted by Gasteiger charge is -2.17. The van der Waals surface area contributed by atoms with Crippen molar-refractivity contribution in [1.82, 2.24) is 4.98 Å². The van der Waals surface area contributed by atoms with Gasteiger partial charge in [-0.05, 0) is 27.7 Å². The molecule has 0 amide bonds. The molecule has 5 heteroatoms. The van der Waals surface area contributed by atoms with Crippen molar-refractivity contribution in [2.75, 3.05) is 0 Å². The zero-order chi connectivity index (χ0) is 15.0. The van der Waals surface area contributed by atoms with Gasteiger partial charge < -0.3 is 0 Å². The van der Waals surface area contributed by atoms with Crippen LogP contribution in [0.4, 0.5) is 0 Å². The third-order valence-electron chi connectivity index (χ3n) is 3.15. The molecule has 0 radical (unpaired) electrons. The van der Waals surface area contributed by atoms with Crippen LogP contribution in [0.2, 0.25) is 0 Å². The van der Waals surface area contributed by atoms with Crippen LogP contribution < -0.4 is 0 Å². The molecule has 0 aliphatic heterocycles. The van der Waals surface area contributed by atoms with Gasteiger partial charge in [0.05, 0.1) is 10.4 Å². The van der Waals surface area contributed by atoms with Crippen LogP contribution in [-0.4, -0.2) is 18.1 Å². The Kier molecular flexibility index (Phi) is 4.02. The topological polar surface area (TPSA) is 47.0 Å². The number of hydrogen-bond donors (Lipinski definition) is 0. The lowest BCUT2D eigenvalue weighted by molar-refractivity contribution is 0.559. The molecule has 3 nitrogen and oxygen atoms in total. The zero-order valence-corrected chi connectivity index (χ0v) is 13.8. The second-order valence-corrected chi connectivity index (χ2v) is 9.55. The van der Waals surface area contributed by atoms with E-state index in [9.17, 15) is 8.42 Å². The third kappa shape index (κ3) is 3.27. The SMILES string of the molecule is Cc1ccc(-c2csc(CS(=O)(=O)C(C)(C)C)n2)cc1. The maximum absolute atomic E-state index is 12.2. The fraction of sp³-hybridized carbons (Fsp3) is 0.400. The largest absolute Gasteiger partial charge is 0.240 e. The minimum atomic E-state index is -3.18. The highest BCUT2D eigenvalue weighted by Gasteiger charge is 2.30. The van der Waals surface area contributed by atoms with E-state index in [0.29, 0.717) is 5.01 Å². The van der Waals surface area contributed by atoms with Crippen LogP contribution in [0.25, 0.3) is 11.3 Å². The van der Waals surface area contributed by atoms with Crippen molar-refractivity contribution in [3.05, 3.63) is 40.2 Å². The van der Waals surface area contributed by atoms with Crippen molar-refractivity contribution in [2.45, 2.75) is 38.2 Å². The van der Waals surface area contributed by atoms with Gasteiger partial charge in [-0.25, -0.2) is 13.4 Å². The Balaban J connectivity index is 2.24. The summed E-state index contributed by atoms with van der Waals surface area (Å²) in [4.78, 5) is 4.45. The van der Waals surface area contributed by atoms with Crippen LogP contribution in [0.3, 0.4) is 0 Å². The average Bonchev–Trinajstić information content (AvgIpc) is 2.76. The first-order valence-corrected chi connectivity index (χ1v) is 8.96. The molecule has 0 N–H and O–H groups in total. The summed E-state index contributed by atoms with van der Waals surface area (Å²) in [5.74, 6) is 0.00697. The molecule has 0 aliphatic carbocycles. The van der Waals surface area contributed by atoms with E-state index < -0.39 is 14.6 Å². The minimum Gasteiger partial charge on any atom is -0.240 e. The molecular weight excluding hydrogens is 290 g/mol. The van der Waals surface area contributed by atoms with Crippen LogP contribution in [0.5, 0.6) is 0 Å². The number of benzene rings is 1. The van der Waals surface area contributed by atoms with Crippen LogP contribution in [0, 0.1) is 6.92 Å². The van der Waals surface area contributed by atoms with Gasteiger partial charge in [0, 0.05) is 10.9 Å². The number of rotatable bonds is 3. The Bertz CT molecular complexity index is 692. The van der Waals surface area contributed by atoms with Crippen molar-refractivity contribution in [3.8, 4) is 11.3 Å². The predicted molar refractivity (Wildman–Crippen MR) is 84.7 cm³/mol. The van der Waals surface area contributed by atoms with E-state index in [0.717, 1.165) is 11.3 Å². The first kappa shape index (κ1) is 15.2. The number of aryl methyl sites for hydroxylation is 1. The van der Waals surface area contributed by atoms with Gasteiger partial charge in [-0.1, -0.05) is 29.8 Å². The molecule has 108 valence electrons. The van der Waals surface area contributed by atoms with Crippen LogP contribution in [0.1, 0.15) is 31.3 Å². The van der Waals surface area contributed by atoms with Gasteiger partial charge in [-0.15, -0.1) is 11.3 Å². The molecular formula is C15H19NO2S2. The van der Waals surface area contributed by atoms with E-state index in [1.807, 2.05) is 36.6 Å². The van der Waals surface area contributed by atoms with Gasteiger partial charge in [-0.2, -0.15) is 0 Å². The molecule has 0 fully saturated rings. The molecule has 0 unspecified atom stereocenters. The Morgan fingerprint density at radius 1 is 1.15 bits per heavy atom. The molecule has 1 heterocycles. The molecule has 0 atom stereocenters.